The zero-order chi connectivity index (χ0) is 22.3. The number of carbonyl (C=O) groups excluding carboxylic acids is 2. The molecule has 160 valence electrons. The van der Waals surface area contributed by atoms with E-state index >= 15 is 0 Å². The minimum absolute atomic E-state index is 0.102. The van der Waals surface area contributed by atoms with Crippen LogP contribution in [0.4, 0.5) is 0 Å². The van der Waals surface area contributed by atoms with Crippen LogP contribution in [-0.2, 0) is 6.42 Å². The lowest BCUT2D eigenvalue weighted by Gasteiger charge is -2.28. The zero-order valence-corrected chi connectivity index (χ0v) is 18.1. The van der Waals surface area contributed by atoms with Gasteiger partial charge in [0.25, 0.3) is 0 Å². The van der Waals surface area contributed by atoms with Crippen molar-refractivity contribution in [3.8, 4) is 28.4 Å². The van der Waals surface area contributed by atoms with E-state index in [9.17, 15) is 14.7 Å². The van der Waals surface area contributed by atoms with Crippen molar-refractivity contribution in [2.45, 2.75) is 13.3 Å². The molecule has 2 N–H and O–H groups in total. The average molecular weight is 440 g/mol. The van der Waals surface area contributed by atoms with Gasteiger partial charge in [0.05, 0.1) is 20.1 Å². The summed E-state index contributed by atoms with van der Waals surface area (Å²) in [5, 5.41) is 10.6. The summed E-state index contributed by atoms with van der Waals surface area (Å²) in [5.41, 5.74) is 2.86. The van der Waals surface area contributed by atoms with E-state index in [1.807, 2.05) is 37.3 Å². The summed E-state index contributed by atoms with van der Waals surface area (Å²) < 4.78 is 10.5. The minimum Gasteiger partial charge on any atom is -0.505 e. The van der Waals surface area contributed by atoms with Gasteiger partial charge in [0.2, 0.25) is 0 Å². The van der Waals surface area contributed by atoms with Crippen LogP contribution in [0.25, 0.3) is 11.1 Å². The van der Waals surface area contributed by atoms with Crippen molar-refractivity contribution in [2.75, 3.05) is 14.2 Å². The van der Waals surface area contributed by atoms with Crippen LogP contribution in [0.1, 0.15) is 33.3 Å². The fraction of sp³-hybridized carbons (Fsp3) is 0.250. The van der Waals surface area contributed by atoms with E-state index in [0.717, 1.165) is 16.8 Å². The number of aromatic amines is 1. The van der Waals surface area contributed by atoms with Crippen LogP contribution in [0.15, 0.2) is 42.6 Å². The number of methoxy groups -OCH3 is 2. The average Bonchev–Trinajstić information content (AvgIpc) is 3.19. The summed E-state index contributed by atoms with van der Waals surface area (Å²) in [6.07, 6.45) is 2.33. The van der Waals surface area contributed by atoms with E-state index < -0.39 is 17.5 Å². The highest BCUT2D eigenvalue weighted by Gasteiger charge is 2.42. The summed E-state index contributed by atoms with van der Waals surface area (Å²) in [7, 11) is 2.77. The summed E-state index contributed by atoms with van der Waals surface area (Å²) in [4.78, 5) is 30.4. The van der Waals surface area contributed by atoms with Gasteiger partial charge in [-0.25, -0.2) is 0 Å². The molecule has 1 aromatic heterocycles. The second-order valence-electron chi connectivity index (χ2n) is 7.63. The molecule has 0 saturated carbocycles. The maximum absolute atomic E-state index is 13.6. The minimum atomic E-state index is -0.977. The first-order valence-corrected chi connectivity index (χ1v) is 10.2. The molecule has 2 aromatic carbocycles. The molecule has 0 radical (unpaired) electrons. The number of nitrogens with one attached hydrogen (secondary N) is 1. The topological polar surface area (TPSA) is 88.6 Å². The van der Waals surface area contributed by atoms with Crippen molar-refractivity contribution in [3.05, 3.63) is 64.4 Å². The van der Waals surface area contributed by atoms with Gasteiger partial charge in [-0.05, 0) is 17.9 Å². The first-order valence-electron chi connectivity index (χ1n) is 9.86. The Balaban J connectivity index is 1.81. The van der Waals surface area contributed by atoms with Crippen LogP contribution in [0, 0.1) is 11.8 Å². The Bertz CT molecular complexity index is 1170. The number of fused-ring (bicyclic) bond motifs is 1. The van der Waals surface area contributed by atoms with E-state index in [-0.39, 0.29) is 33.8 Å². The van der Waals surface area contributed by atoms with E-state index in [4.69, 9.17) is 21.1 Å². The number of halogens is 1. The first kappa shape index (κ1) is 21.0. The number of hydrogen-bond acceptors (Lipinski definition) is 5. The molecular formula is C24H22ClNO5. The Labute approximate surface area is 184 Å². The number of carbonyl (C=O) groups is 2. The van der Waals surface area contributed by atoms with Crippen LogP contribution in [-0.4, -0.2) is 35.9 Å². The maximum atomic E-state index is 13.6. The molecule has 4 rings (SSSR count). The van der Waals surface area contributed by atoms with Gasteiger partial charge in [0.15, 0.2) is 17.3 Å². The fourth-order valence-corrected chi connectivity index (χ4v) is 4.51. The number of ether oxygens (including phenoxy) is 2. The normalized spacial score (nSPS) is 17.9. The van der Waals surface area contributed by atoms with E-state index in [1.165, 1.54) is 20.3 Å². The van der Waals surface area contributed by atoms with Gasteiger partial charge in [-0.1, -0.05) is 48.9 Å². The molecular weight excluding hydrogens is 418 g/mol. The first-order chi connectivity index (χ1) is 14.9. The summed E-state index contributed by atoms with van der Waals surface area (Å²) in [6.45, 7) is 1.85. The Hall–Kier alpha value is -3.25. The SMILES string of the molecule is COc1cc(OC)c(C(=O)C2C(=O)c3c(-c4ccccc4)c[nH]c3CC2C)c(O)c1Cl. The maximum Gasteiger partial charge on any atom is 0.181 e. The predicted octanol–water partition coefficient (Wildman–Crippen LogP) is 4.93. The van der Waals surface area contributed by atoms with Crippen LogP contribution in [0.5, 0.6) is 17.2 Å². The fourth-order valence-electron chi connectivity index (χ4n) is 4.29. The second-order valence-corrected chi connectivity index (χ2v) is 8.01. The highest BCUT2D eigenvalue weighted by Crippen LogP contribution is 2.45. The molecule has 1 aliphatic carbocycles. The quantitative estimate of drug-likeness (QED) is 0.434. The van der Waals surface area contributed by atoms with Crippen LogP contribution in [0.2, 0.25) is 5.02 Å². The molecule has 6 nitrogen and oxygen atoms in total. The van der Waals surface area contributed by atoms with Gasteiger partial charge in [-0.15, -0.1) is 0 Å². The van der Waals surface area contributed by atoms with Gasteiger partial charge >= 0.3 is 0 Å². The third-order valence-corrected chi connectivity index (χ3v) is 6.17. The van der Waals surface area contributed by atoms with Gasteiger partial charge < -0.3 is 19.6 Å². The number of ketones is 2. The monoisotopic (exact) mass is 439 g/mol. The predicted molar refractivity (Wildman–Crippen MR) is 117 cm³/mol. The molecule has 0 bridgehead atoms. The van der Waals surface area contributed by atoms with Gasteiger partial charge in [0.1, 0.15) is 22.1 Å². The molecule has 1 aliphatic rings. The molecule has 0 amide bonds. The highest BCUT2D eigenvalue weighted by atomic mass is 35.5. The Morgan fingerprint density at radius 3 is 2.48 bits per heavy atom. The summed E-state index contributed by atoms with van der Waals surface area (Å²) in [6, 6.07) is 11.0. The van der Waals surface area contributed by atoms with Gasteiger partial charge in [-0.2, -0.15) is 0 Å². The number of hydrogen-bond donors (Lipinski definition) is 2. The van der Waals surface area contributed by atoms with Gasteiger partial charge in [-0.3, -0.25) is 9.59 Å². The van der Waals surface area contributed by atoms with E-state index in [1.54, 1.807) is 6.20 Å². The molecule has 0 saturated heterocycles. The van der Waals surface area contributed by atoms with Crippen LogP contribution >= 0.6 is 11.6 Å². The summed E-state index contributed by atoms with van der Waals surface area (Å²) >= 11 is 6.18. The number of aromatic hydroxyl groups is 1. The van der Waals surface area contributed by atoms with Crippen molar-refractivity contribution in [3.63, 3.8) is 0 Å². The molecule has 0 fully saturated rings. The smallest absolute Gasteiger partial charge is 0.181 e. The third kappa shape index (κ3) is 3.37. The number of phenols is 1. The Morgan fingerprint density at radius 2 is 1.84 bits per heavy atom. The number of benzene rings is 2. The molecule has 1 heterocycles. The third-order valence-electron chi connectivity index (χ3n) is 5.81. The van der Waals surface area contributed by atoms with Gasteiger partial charge in [0, 0.05) is 29.1 Å². The number of rotatable bonds is 5. The van der Waals surface area contributed by atoms with Crippen molar-refractivity contribution in [1.29, 1.82) is 0 Å². The highest BCUT2D eigenvalue weighted by molar-refractivity contribution is 6.34. The van der Waals surface area contributed by atoms with Crippen molar-refractivity contribution < 1.29 is 24.2 Å². The van der Waals surface area contributed by atoms with E-state index in [2.05, 4.69) is 4.98 Å². The lowest BCUT2D eigenvalue weighted by atomic mass is 9.73. The molecule has 3 aromatic rings. The standard InChI is InChI=1S/C24H22ClNO5/c1-12-9-15-19(14(11-26-15)13-7-5-4-6-8-13)22(27)18(12)23(28)20-16(30-2)10-17(31-3)21(25)24(20)29/h4-8,10-12,18,26,29H,9H2,1-3H3. The molecule has 7 heteroatoms. The largest absolute Gasteiger partial charge is 0.505 e. The zero-order valence-electron chi connectivity index (χ0n) is 17.4. The number of phenolic OH excluding ortho intramolecular Hbond substituents is 1. The second kappa shape index (κ2) is 8.12. The lowest BCUT2D eigenvalue weighted by molar-refractivity contribution is 0.0742. The Morgan fingerprint density at radius 1 is 1.16 bits per heavy atom. The molecule has 0 spiro atoms. The number of aromatic nitrogens is 1. The molecule has 2 unspecified atom stereocenters. The number of Topliss-reactive ketones (excluding diaryl/α,β-unsaturated/α-hetero) is 2. The lowest BCUT2D eigenvalue weighted by Crippen LogP contribution is -2.36. The van der Waals surface area contributed by atoms with E-state index in [0.29, 0.717) is 12.0 Å². The molecule has 31 heavy (non-hydrogen) atoms. The number of H-pyrrole nitrogens is 1. The molecule has 0 aliphatic heterocycles. The van der Waals surface area contributed by atoms with Crippen molar-refractivity contribution in [2.24, 2.45) is 11.8 Å². The van der Waals surface area contributed by atoms with Crippen molar-refractivity contribution >= 4 is 23.2 Å². The molecule has 2 atom stereocenters. The Kier molecular flexibility index (Phi) is 5.50. The summed E-state index contributed by atoms with van der Waals surface area (Å²) in [5.74, 6) is -2.24. The van der Waals surface area contributed by atoms with Crippen molar-refractivity contribution in [1.82, 2.24) is 4.98 Å². The van der Waals surface area contributed by atoms with Crippen LogP contribution < -0.4 is 9.47 Å². The van der Waals surface area contributed by atoms with Crippen LogP contribution in [0.3, 0.4) is 0 Å².